The molecular weight excluding hydrogens is 156 g/mol. The fourth-order valence-corrected chi connectivity index (χ4v) is 0.871. The van der Waals surface area contributed by atoms with Crippen molar-refractivity contribution in [3.8, 4) is 5.75 Å². The molecule has 1 aromatic rings. The summed E-state index contributed by atoms with van der Waals surface area (Å²) in [5, 5.41) is 0. The summed E-state index contributed by atoms with van der Waals surface area (Å²) < 4.78 is 10.4. The van der Waals surface area contributed by atoms with E-state index in [9.17, 15) is 0 Å². The first-order valence-corrected chi connectivity index (χ1v) is 3.80. The second-order valence-corrected chi connectivity index (χ2v) is 2.68. The Morgan fingerprint density at radius 3 is 3.25 bits per heavy atom. The van der Waals surface area contributed by atoms with Gasteiger partial charge in [0.2, 0.25) is 0 Å². The Morgan fingerprint density at radius 2 is 2.58 bits per heavy atom. The van der Waals surface area contributed by atoms with Gasteiger partial charge in [0, 0.05) is 12.3 Å². The van der Waals surface area contributed by atoms with E-state index in [-0.39, 0.29) is 6.10 Å². The number of aromatic nitrogens is 1. The first kappa shape index (κ1) is 7.36. The maximum absolute atomic E-state index is 5.46. The number of hydrogen-bond donors (Lipinski definition) is 1. The lowest BCUT2D eigenvalue weighted by Gasteiger charge is -2.03. The minimum Gasteiger partial charge on any atom is -0.491 e. The number of ether oxygens (including phenoxy) is 2. The van der Waals surface area contributed by atoms with Crippen LogP contribution in [0.5, 0.6) is 5.75 Å². The maximum Gasteiger partial charge on any atom is 0.126 e. The van der Waals surface area contributed by atoms with Gasteiger partial charge in [-0.3, -0.25) is 0 Å². The Labute approximate surface area is 70.3 Å². The highest BCUT2D eigenvalue weighted by Gasteiger charge is 2.22. The quantitative estimate of drug-likeness (QED) is 0.662. The molecule has 1 aromatic heterocycles. The van der Waals surface area contributed by atoms with E-state index >= 15 is 0 Å². The molecular formula is C8H10N2O2. The van der Waals surface area contributed by atoms with Crippen LogP contribution in [0.3, 0.4) is 0 Å². The van der Waals surface area contributed by atoms with Crippen LogP contribution in [-0.2, 0) is 4.74 Å². The molecule has 2 N–H and O–H groups in total. The van der Waals surface area contributed by atoms with Gasteiger partial charge in [-0.15, -0.1) is 0 Å². The van der Waals surface area contributed by atoms with Gasteiger partial charge < -0.3 is 15.2 Å². The zero-order valence-corrected chi connectivity index (χ0v) is 6.56. The molecule has 0 bridgehead atoms. The van der Waals surface area contributed by atoms with Gasteiger partial charge in [-0.25, -0.2) is 4.98 Å². The Balaban J connectivity index is 1.92. The summed E-state index contributed by atoms with van der Waals surface area (Å²) in [6.07, 6.45) is 1.90. The molecule has 1 aliphatic rings. The standard InChI is InChI=1S/C8H10N2O2/c9-8-3-6(1-2-10-8)11-4-7-5-12-7/h1-3,7H,4-5H2,(H2,9,10). The van der Waals surface area contributed by atoms with E-state index in [0.717, 1.165) is 12.4 Å². The fraction of sp³-hybridized carbons (Fsp3) is 0.375. The number of anilines is 1. The van der Waals surface area contributed by atoms with Crippen molar-refractivity contribution in [1.29, 1.82) is 0 Å². The summed E-state index contributed by atoms with van der Waals surface area (Å²) in [7, 11) is 0. The number of pyridine rings is 1. The molecule has 64 valence electrons. The summed E-state index contributed by atoms with van der Waals surface area (Å²) in [6, 6.07) is 3.47. The monoisotopic (exact) mass is 166 g/mol. The van der Waals surface area contributed by atoms with Crippen LogP contribution < -0.4 is 10.5 Å². The maximum atomic E-state index is 5.46. The molecule has 1 aliphatic heterocycles. The summed E-state index contributed by atoms with van der Waals surface area (Å²) in [5.74, 6) is 1.22. The van der Waals surface area contributed by atoms with Crippen molar-refractivity contribution in [2.45, 2.75) is 6.10 Å². The number of epoxide rings is 1. The number of nitrogens with two attached hydrogens (primary N) is 1. The molecule has 0 aromatic carbocycles. The zero-order chi connectivity index (χ0) is 8.39. The summed E-state index contributed by atoms with van der Waals surface area (Å²) in [4.78, 5) is 3.85. The van der Waals surface area contributed by atoms with E-state index < -0.39 is 0 Å². The molecule has 1 fully saturated rings. The van der Waals surface area contributed by atoms with Crippen LogP contribution in [0.15, 0.2) is 18.3 Å². The molecule has 0 spiro atoms. The molecule has 0 aliphatic carbocycles. The predicted octanol–water partition coefficient (Wildman–Crippen LogP) is 0.441. The van der Waals surface area contributed by atoms with Crippen molar-refractivity contribution in [2.24, 2.45) is 0 Å². The van der Waals surface area contributed by atoms with Crippen LogP contribution in [-0.4, -0.2) is 24.3 Å². The van der Waals surface area contributed by atoms with Crippen molar-refractivity contribution in [3.05, 3.63) is 18.3 Å². The number of nitrogens with zero attached hydrogens (tertiary/aromatic N) is 1. The highest BCUT2D eigenvalue weighted by Crippen LogP contribution is 2.15. The Morgan fingerprint density at radius 1 is 1.75 bits per heavy atom. The second kappa shape index (κ2) is 2.98. The van der Waals surface area contributed by atoms with Crippen molar-refractivity contribution in [1.82, 2.24) is 4.98 Å². The van der Waals surface area contributed by atoms with Gasteiger partial charge in [-0.1, -0.05) is 0 Å². The third kappa shape index (κ3) is 1.85. The van der Waals surface area contributed by atoms with Gasteiger partial charge in [0.05, 0.1) is 6.61 Å². The first-order chi connectivity index (χ1) is 5.84. The smallest absolute Gasteiger partial charge is 0.126 e. The second-order valence-electron chi connectivity index (χ2n) is 2.68. The molecule has 1 unspecified atom stereocenters. The molecule has 4 nitrogen and oxygen atoms in total. The SMILES string of the molecule is Nc1cc(OCC2CO2)ccn1. The van der Waals surface area contributed by atoms with Crippen LogP contribution in [0.2, 0.25) is 0 Å². The summed E-state index contributed by atoms with van der Waals surface area (Å²) >= 11 is 0. The fourth-order valence-electron chi connectivity index (χ4n) is 0.871. The lowest BCUT2D eigenvalue weighted by atomic mass is 10.4. The normalized spacial score (nSPS) is 20.5. The predicted molar refractivity (Wildman–Crippen MR) is 43.9 cm³/mol. The molecule has 12 heavy (non-hydrogen) atoms. The number of rotatable bonds is 3. The largest absolute Gasteiger partial charge is 0.491 e. The Kier molecular flexibility index (Phi) is 1.83. The van der Waals surface area contributed by atoms with Crippen LogP contribution in [0.25, 0.3) is 0 Å². The van der Waals surface area contributed by atoms with E-state index in [4.69, 9.17) is 15.2 Å². The highest BCUT2D eigenvalue weighted by atomic mass is 16.6. The molecule has 0 radical (unpaired) electrons. The summed E-state index contributed by atoms with van der Waals surface area (Å²) in [6.45, 7) is 1.41. The van der Waals surface area contributed by atoms with Gasteiger partial charge in [0.25, 0.3) is 0 Å². The van der Waals surface area contributed by atoms with Gasteiger partial charge in [-0.2, -0.15) is 0 Å². The molecule has 2 heterocycles. The lowest BCUT2D eigenvalue weighted by molar-refractivity contribution is 0.263. The minimum absolute atomic E-state index is 0.277. The average molecular weight is 166 g/mol. The third-order valence-corrected chi connectivity index (χ3v) is 1.59. The molecule has 2 rings (SSSR count). The topological polar surface area (TPSA) is 60.7 Å². The third-order valence-electron chi connectivity index (χ3n) is 1.59. The van der Waals surface area contributed by atoms with E-state index in [1.807, 2.05) is 0 Å². The van der Waals surface area contributed by atoms with Gasteiger partial charge in [-0.05, 0) is 6.07 Å². The van der Waals surface area contributed by atoms with Gasteiger partial charge in [0.1, 0.15) is 24.3 Å². The zero-order valence-electron chi connectivity index (χ0n) is 6.56. The number of nitrogen functional groups attached to an aromatic ring is 1. The van der Waals surface area contributed by atoms with E-state index in [2.05, 4.69) is 4.98 Å². The van der Waals surface area contributed by atoms with Gasteiger partial charge in [0.15, 0.2) is 0 Å². The van der Waals surface area contributed by atoms with Crippen molar-refractivity contribution < 1.29 is 9.47 Å². The Hall–Kier alpha value is -1.29. The van der Waals surface area contributed by atoms with E-state index in [1.54, 1.807) is 18.3 Å². The van der Waals surface area contributed by atoms with E-state index in [0.29, 0.717) is 12.4 Å². The van der Waals surface area contributed by atoms with Crippen molar-refractivity contribution >= 4 is 5.82 Å². The summed E-state index contributed by atoms with van der Waals surface area (Å²) in [5.41, 5.74) is 5.46. The highest BCUT2D eigenvalue weighted by molar-refractivity contribution is 5.35. The lowest BCUT2D eigenvalue weighted by Crippen LogP contribution is -2.04. The van der Waals surface area contributed by atoms with Gasteiger partial charge >= 0.3 is 0 Å². The van der Waals surface area contributed by atoms with E-state index in [1.165, 1.54) is 0 Å². The molecule has 1 saturated heterocycles. The first-order valence-electron chi connectivity index (χ1n) is 3.80. The van der Waals surface area contributed by atoms with Crippen LogP contribution in [0.4, 0.5) is 5.82 Å². The van der Waals surface area contributed by atoms with Crippen molar-refractivity contribution in [2.75, 3.05) is 18.9 Å². The number of hydrogen-bond acceptors (Lipinski definition) is 4. The molecule has 1 atom stereocenters. The molecule has 4 heteroatoms. The Bertz CT molecular complexity index is 274. The average Bonchev–Trinajstić information content (AvgIpc) is 2.84. The molecule has 0 saturated carbocycles. The van der Waals surface area contributed by atoms with Crippen LogP contribution in [0, 0.1) is 0 Å². The van der Waals surface area contributed by atoms with Crippen LogP contribution in [0.1, 0.15) is 0 Å². The van der Waals surface area contributed by atoms with Crippen LogP contribution >= 0.6 is 0 Å². The molecule has 0 amide bonds. The van der Waals surface area contributed by atoms with Crippen molar-refractivity contribution in [3.63, 3.8) is 0 Å². The minimum atomic E-state index is 0.277.